The normalized spacial score (nSPS) is 15.2. The van der Waals surface area contributed by atoms with Crippen molar-refractivity contribution in [2.75, 3.05) is 6.61 Å². The quantitative estimate of drug-likeness (QED) is 0.690. The highest BCUT2D eigenvalue weighted by molar-refractivity contribution is 5.81. The molecular weight excluding hydrogens is 362 g/mol. The lowest BCUT2D eigenvalue weighted by Crippen LogP contribution is -2.44. The highest BCUT2D eigenvalue weighted by Gasteiger charge is 2.21. The maximum absolute atomic E-state index is 12.7. The highest BCUT2D eigenvalue weighted by atomic mass is 16.5. The maximum Gasteiger partial charge on any atom is 0.261 e. The van der Waals surface area contributed by atoms with E-state index in [1.54, 1.807) is 0 Å². The Morgan fingerprint density at radius 2 is 1.72 bits per heavy atom. The average Bonchev–Trinajstić information content (AvgIpc) is 2.72. The number of carbonyl (C=O) groups is 1. The van der Waals surface area contributed by atoms with Crippen molar-refractivity contribution < 1.29 is 14.3 Å². The monoisotopic (exact) mass is 395 g/mol. The SMILES string of the molecule is CC[C@H](Oc1ccc2c(c1)CCCC2)C(=O)N[C@H](C)COc1ccc(C)c(C)c1. The number of amides is 1. The third-order valence-electron chi connectivity index (χ3n) is 5.63. The summed E-state index contributed by atoms with van der Waals surface area (Å²) in [6, 6.07) is 12.2. The van der Waals surface area contributed by atoms with Crippen LogP contribution in [0.25, 0.3) is 0 Å². The summed E-state index contributed by atoms with van der Waals surface area (Å²) in [5.74, 6) is 1.51. The third kappa shape index (κ3) is 5.75. The molecule has 1 amide bonds. The number of hydrogen-bond donors (Lipinski definition) is 1. The summed E-state index contributed by atoms with van der Waals surface area (Å²) < 4.78 is 11.9. The van der Waals surface area contributed by atoms with E-state index in [1.807, 2.05) is 38.1 Å². The molecule has 0 bridgehead atoms. The van der Waals surface area contributed by atoms with E-state index in [0.29, 0.717) is 13.0 Å². The number of fused-ring (bicyclic) bond motifs is 1. The first-order chi connectivity index (χ1) is 14.0. The van der Waals surface area contributed by atoms with Gasteiger partial charge in [-0.25, -0.2) is 0 Å². The van der Waals surface area contributed by atoms with Crippen LogP contribution in [0.4, 0.5) is 0 Å². The van der Waals surface area contributed by atoms with Crippen LogP contribution in [-0.2, 0) is 17.6 Å². The second-order valence-electron chi connectivity index (χ2n) is 8.12. The van der Waals surface area contributed by atoms with Crippen LogP contribution in [0.1, 0.15) is 55.4 Å². The summed E-state index contributed by atoms with van der Waals surface area (Å²) in [5.41, 5.74) is 5.21. The zero-order valence-electron chi connectivity index (χ0n) is 18.1. The second-order valence-corrected chi connectivity index (χ2v) is 8.12. The Labute approximate surface area is 174 Å². The van der Waals surface area contributed by atoms with E-state index in [-0.39, 0.29) is 11.9 Å². The molecule has 0 spiro atoms. The Hall–Kier alpha value is -2.49. The van der Waals surface area contributed by atoms with Crippen LogP contribution >= 0.6 is 0 Å². The number of benzene rings is 2. The summed E-state index contributed by atoms with van der Waals surface area (Å²) in [7, 11) is 0. The third-order valence-corrected chi connectivity index (χ3v) is 5.63. The van der Waals surface area contributed by atoms with Crippen LogP contribution in [0, 0.1) is 13.8 Å². The molecule has 2 aromatic carbocycles. The molecule has 0 aliphatic heterocycles. The summed E-state index contributed by atoms with van der Waals surface area (Å²) in [6.45, 7) is 8.49. The summed E-state index contributed by atoms with van der Waals surface area (Å²) >= 11 is 0. The van der Waals surface area contributed by atoms with Gasteiger partial charge in [-0.05, 0) is 99.4 Å². The minimum atomic E-state index is -0.499. The van der Waals surface area contributed by atoms with Crippen molar-refractivity contribution in [3.05, 3.63) is 58.7 Å². The van der Waals surface area contributed by atoms with Crippen LogP contribution in [0.2, 0.25) is 0 Å². The summed E-state index contributed by atoms with van der Waals surface area (Å²) in [4.78, 5) is 12.7. The first kappa shape index (κ1) is 21.2. The summed E-state index contributed by atoms with van der Waals surface area (Å²) in [5, 5.41) is 3.02. The molecule has 0 fully saturated rings. The van der Waals surface area contributed by atoms with Gasteiger partial charge >= 0.3 is 0 Å². The molecular formula is C25H33NO3. The van der Waals surface area contributed by atoms with Crippen molar-refractivity contribution in [1.29, 1.82) is 0 Å². The molecule has 0 aromatic heterocycles. The molecule has 0 saturated heterocycles. The van der Waals surface area contributed by atoms with E-state index in [2.05, 4.69) is 31.3 Å². The molecule has 1 aliphatic carbocycles. The molecule has 0 radical (unpaired) electrons. The van der Waals surface area contributed by atoms with Gasteiger partial charge in [0.05, 0.1) is 6.04 Å². The van der Waals surface area contributed by atoms with Crippen molar-refractivity contribution in [1.82, 2.24) is 5.32 Å². The van der Waals surface area contributed by atoms with E-state index in [1.165, 1.54) is 35.1 Å². The van der Waals surface area contributed by atoms with Crippen LogP contribution in [0.5, 0.6) is 11.5 Å². The predicted octanol–water partition coefficient (Wildman–Crippen LogP) is 4.92. The van der Waals surface area contributed by atoms with Crippen molar-refractivity contribution in [3.8, 4) is 11.5 Å². The Bertz CT molecular complexity index is 846. The molecule has 4 heteroatoms. The van der Waals surface area contributed by atoms with Crippen LogP contribution in [-0.4, -0.2) is 24.7 Å². The number of nitrogens with one attached hydrogen (secondary N) is 1. The zero-order chi connectivity index (χ0) is 20.8. The average molecular weight is 396 g/mol. The molecule has 0 heterocycles. The molecule has 0 saturated carbocycles. The highest BCUT2D eigenvalue weighted by Crippen LogP contribution is 2.26. The van der Waals surface area contributed by atoms with Crippen molar-refractivity contribution >= 4 is 5.91 Å². The van der Waals surface area contributed by atoms with Crippen molar-refractivity contribution in [2.45, 2.75) is 71.9 Å². The largest absolute Gasteiger partial charge is 0.491 e. The molecule has 1 aliphatic rings. The molecule has 3 rings (SSSR count). The first-order valence-corrected chi connectivity index (χ1v) is 10.7. The maximum atomic E-state index is 12.7. The van der Waals surface area contributed by atoms with Crippen molar-refractivity contribution in [3.63, 3.8) is 0 Å². The fourth-order valence-corrected chi connectivity index (χ4v) is 3.67. The van der Waals surface area contributed by atoms with E-state index in [9.17, 15) is 4.79 Å². The lowest BCUT2D eigenvalue weighted by atomic mass is 9.92. The number of carbonyl (C=O) groups excluding carboxylic acids is 1. The van der Waals surface area contributed by atoms with Crippen LogP contribution in [0.3, 0.4) is 0 Å². The smallest absolute Gasteiger partial charge is 0.261 e. The fraction of sp³-hybridized carbons (Fsp3) is 0.480. The van der Waals surface area contributed by atoms with Crippen LogP contribution in [0.15, 0.2) is 36.4 Å². The van der Waals surface area contributed by atoms with Crippen molar-refractivity contribution in [2.24, 2.45) is 0 Å². The Kier molecular flexibility index (Phi) is 7.18. The molecule has 2 aromatic rings. The molecule has 4 nitrogen and oxygen atoms in total. The van der Waals surface area contributed by atoms with E-state index < -0.39 is 6.10 Å². The minimum Gasteiger partial charge on any atom is -0.491 e. The zero-order valence-corrected chi connectivity index (χ0v) is 18.1. The van der Waals surface area contributed by atoms with Gasteiger partial charge in [0.1, 0.15) is 18.1 Å². The molecule has 156 valence electrons. The van der Waals surface area contributed by atoms with Crippen LogP contribution < -0.4 is 14.8 Å². The molecule has 1 N–H and O–H groups in total. The Morgan fingerprint density at radius 3 is 2.45 bits per heavy atom. The van der Waals surface area contributed by atoms with Gasteiger partial charge in [0, 0.05) is 0 Å². The lowest BCUT2D eigenvalue weighted by molar-refractivity contribution is -0.128. The molecule has 0 unspecified atom stereocenters. The van der Waals surface area contributed by atoms with E-state index >= 15 is 0 Å². The predicted molar refractivity (Wildman–Crippen MR) is 117 cm³/mol. The lowest BCUT2D eigenvalue weighted by Gasteiger charge is -2.22. The van der Waals surface area contributed by atoms with Gasteiger partial charge in [0.25, 0.3) is 5.91 Å². The van der Waals surface area contributed by atoms with E-state index in [0.717, 1.165) is 24.3 Å². The van der Waals surface area contributed by atoms with E-state index in [4.69, 9.17) is 9.47 Å². The minimum absolute atomic E-state index is 0.0959. The van der Waals surface area contributed by atoms with Gasteiger partial charge in [-0.1, -0.05) is 19.1 Å². The first-order valence-electron chi connectivity index (χ1n) is 10.7. The van der Waals surface area contributed by atoms with Gasteiger partial charge in [-0.3, -0.25) is 4.79 Å². The van der Waals surface area contributed by atoms with Gasteiger partial charge in [0.2, 0.25) is 0 Å². The molecule has 2 atom stereocenters. The van der Waals surface area contributed by atoms with Gasteiger partial charge in [-0.15, -0.1) is 0 Å². The molecule has 29 heavy (non-hydrogen) atoms. The fourth-order valence-electron chi connectivity index (χ4n) is 3.67. The number of hydrogen-bond acceptors (Lipinski definition) is 3. The second kappa shape index (κ2) is 9.82. The number of aryl methyl sites for hydroxylation is 4. The van der Waals surface area contributed by atoms with Gasteiger partial charge in [-0.2, -0.15) is 0 Å². The van der Waals surface area contributed by atoms with Gasteiger partial charge in [0.15, 0.2) is 6.10 Å². The Balaban J connectivity index is 1.52. The van der Waals surface area contributed by atoms with Gasteiger partial charge < -0.3 is 14.8 Å². The Morgan fingerprint density at radius 1 is 1.00 bits per heavy atom. The number of rotatable bonds is 8. The summed E-state index contributed by atoms with van der Waals surface area (Å²) in [6.07, 6.45) is 4.85. The number of ether oxygens (including phenoxy) is 2. The topological polar surface area (TPSA) is 47.6 Å². The standard InChI is InChI=1S/C25H33NO3/c1-5-24(29-23-13-11-20-8-6-7-9-21(20)15-23)25(27)26-19(4)16-28-22-12-10-17(2)18(3)14-22/h10-15,19,24H,5-9,16H2,1-4H3,(H,26,27)/t19-,24+/m1/s1.